The summed E-state index contributed by atoms with van der Waals surface area (Å²) in [6, 6.07) is 36.1. The fourth-order valence-corrected chi connectivity index (χ4v) is 3.45. The van der Waals surface area contributed by atoms with Crippen LogP contribution in [-0.2, 0) is 4.65 Å². The molecule has 0 aliphatic carbocycles. The molecule has 0 heterocycles. The average molecular weight is 433 g/mol. The standard InChI is InChI=1S/C30H30BO2/c1-29(2,32)30(3,4)33-31-28-20-18-27(19-21-28)26-16-14-25(15-17-26)24-12-10-23(11-13-24)22-8-6-5-7-9-22/h5-21,32H,1-4H3. The molecular formula is C30H30BO2. The van der Waals surface area contributed by atoms with Crippen LogP contribution in [0, 0.1) is 0 Å². The minimum absolute atomic E-state index is 0.680. The van der Waals surface area contributed by atoms with Crippen LogP contribution >= 0.6 is 0 Å². The minimum atomic E-state index is -0.937. The van der Waals surface area contributed by atoms with Gasteiger partial charge in [0.15, 0.2) is 0 Å². The summed E-state index contributed by atoms with van der Waals surface area (Å²) in [4.78, 5) is 0. The van der Waals surface area contributed by atoms with Crippen molar-refractivity contribution in [3.8, 4) is 33.4 Å². The lowest BCUT2D eigenvalue weighted by molar-refractivity contribution is -0.0893. The molecule has 4 rings (SSSR count). The molecule has 0 aliphatic rings. The van der Waals surface area contributed by atoms with Crippen molar-refractivity contribution >= 4 is 12.9 Å². The molecule has 0 saturated carbocycles. The lowest BCUT2D eigenvalue weighted by Gasteiger charge is -2.37. The van der Waals surface area contributed by atoms with Crippen molar-refractivity contribution in [2.45, 2.75) is 38.9 Å². The first-order valence-corrected chi connectivity index (χ1v) is 11.3. The van der Waals surface area contributed by atoms with E-state index in [1.54, 1.807) is 21.3 Å². The maximum atomic E-state index is 10.2. The summed E-state index contributed by atoms with van der Waals surface area (Å²) < 4.78 is 5.85. The summed E-state index contributed by atoms with van der Waals surface area (Å²) >= 11 is 0. The van der Waals surface area contributed by atoms with E-state index < -0.39 is 11.2 Å². The third-order valence-corrected chi connectivity index (χ3v) is 6.42. The van der Waals surface area contributed by atoms with Gasteiger partial charge in [-0.25, -0.2) is 0 Å². The predicted octanol–water partition coefficient (Wildman–Crippen LogP) is 6.50. The third-order valence-electron chi connectivity index (χ3n) is 6.42. The largest absolute Gasteiger partial charge is 0.427 e. The normalized spacial score (nSPS) is 11.9. The molecule has 0 aliphatic heterocycles. The summed E-state index contributed by atoms with van der Waals surface area (Å²) in [5.74, 6) is 0. The van der Waals surface area contributed by atoms with E-state index in [1.165, 1.54) is 27.8 Å². The molecule has 33 heavy (non-hydrogen) atoms. The molecule has 0 fully saturated rings. The molecule has 0 atom stereocenters. The zero-order chi connectivity index (χ0) is 23.5. The maximum Gasteiger partial charge on any atom is 0.330 e. The Morgan fingerprint density at radius 2 is 0.848 bits per heavy atom. The molecule has 1 N–H and O–H groups in total. The van der Waals surface area contributed by atoms with Gasteiger partial charge in [-0.05, 0) is 61.1 Å². The van der Waals surface area contributed by atoms with Crippen molar-refractivity contribution < 1.29 is 9.76 Å². The molecule has 0 unspecified atom stereocenters. The van der Waals surface area contributed by atoms with E-state index in [1.807, 2.05) is 32.0 Å². The van der Waals surface area contributed by atoms with Crippen LogP contribution in [0.2, 0.25) is 0 Å². The summed E-state index contributed by atoms with van der Waals surface area (Å²) in [5.41, 5.74) is 6.53. The van der Waals surface area contributed by atoms with Crippen LogP contribution in [0.15, 0.2) is 103 Å². The molecule has 2 nitrogen and oxygen atoms in total. The molecule has 1 radical (unpaired) electrons. The first kappa shape index (κ1) is 23.0. The topological polar surface area (TPSA) is 29.5 Å². The molecule has 3 heteroatoms. The Balaban J connectivity index is 1.43. The van der Waals surface area contributed by atoms with Gasteiger partial charge in [-0.1, -0.05) is 109 Å². The summed E-state index contributed by atoms with van der Waals surface area (Å²) in [6.07, 6.45) is 0. The number of aliphatic hydroxyl groups is 1. The Morgan fingerprint density at radius 1 is 0.515 bits per heavy atom. The van der Waals surface area contributed by atoms with Crippen molar-refractivity contribution in [3.63, 3.8) is 0 Å². The van der Waals surface area contributed by atoms with Crippen molar-refractivity contribution in [3.05, 3.63) is 103 Å². The first-order chi connectivity index (χ1) is 15.7. The van der Waals surface area contributed by atoms with E-state index in [0.717, 1.165) is 11.0 Å². The summed E-state index contributed by atoms with van der Waals surface area (Å²) in [6.45, 7) is 7.28. The van der Waals surface area contributed by atoms with Crippen LogP contribution in [0.5, 0.6) is 0 Å². The number of benzene rings is 4. The Hall–Kier alpha value is -3.14. The van der Waals surface area contributed by atoms with Gasteiger partial charge >= 0.3 is 7.48 Å². The van der Waals surface area contributed by atoms with Crippen LogP contribution in [0.1, 0.15) is 27.7 Å². The fourth-order valence-electron chi connectivity index (χ4n) is 3.45. The molecular weight excluding hydrogens is 403 g/mol. The maximum absolute atomic E-state index is 10.2. The zero-order valence-corrected chi connectivity index (χ0v) is 19.7. The zero-order valence-electron chi connectivity index (χ0n) is 19.7. The van der Waals surface area contributed by atoms with Crippen molar-refractivity contribution in [1.29, 1.82) is 0 Å². The molecule has 4 aromatic rings. The third kappa shape index (κ3) is 5.44. The summed E-state index contributed by atoms with van der Waals surface area (Å²) in [5, 5.41) is 10.2. The summed E-state index contributed by atoms with van der Waals surface area (Å²) in [7, 11) is 1.71. The molecule has 0 spiro atoms. The van der Waals surface area contributed by atoms with Gasteiger partial charge in [0, 0.05) is 0 Å². The van der Waals surface area contributed by atoms with Gasteiger partial charge in [0.05, 0.1) is 11.2 Å². The molecule has 165 valence electrons. The molecule has 0 amide bonds. The second-order valence-electron chi connectivity index (χ2n) is 9.45. The van der Waals surface area contributed by atoms with Gasteiger partial charge in [-0.3, -0.25) is 0 Å². The second kappa shape index (κ2) is 9.39. The van der Waals surface area contributed by atoms with Gasteiger partial charge < -0.3 is 9.76 Å². The van der Waals surface area contributed by atoms with E-state index in [2.05, 4.69) is 84.9 Å². The number of hydrogen-bond acceptors (Lipinski definition) is 2. The van der Waals surface area contributed by atoms with Crippen LogP contribution in [-0.4, -0.2) is 23.8 Å². The first-order valence-electron chi connectivity index (χ1n) is 11.3. The van der Waals surface area contributed by atoms with Gasteiger partial charge in [0.2, 0.25) is 0 Å². The van der Waals surface area contributed by atoms with Gasteiger partial charge in [0.1, 0.15) is 0 Å². The quantitative estimate of drug-likeness (QED) is 0.337. The highest BCUT2D eigenvalue weighted by molar-refractivity contribution is 6.47. The van der Waals surface area contributed by atoms with Gasteiger partial charge in [-0.15, -0.1) is 0 Å². The highest BCUT2D eigenvalue weighted by Crippen LogP contribution is 2.28. The minimum Gasteiger partial charge on any atom is -0.427 e. The smallest absolute Gasteiger partial charge is 0.330 e. The monoisotopic (exact) mass is 433 g/mol. The van der Waals surface area contributed by atoms with Gasteiger partial charge in [-0.2, -0.15) is 0 Å². The van der Waals surface area contributed by atoms with E-state index >= 15 is 0 Å². The second-order valence-corrected chi connectivity index (χ2v) is 9.45. The van der Waals surface area contributed by atoms with Gasteiger partial charge in [0.25, 0.3) is 0 Å². The Morgan fingerprint density at radius 3 is 1.21 bits per heavy atom. The van der Waals surface area contributed by atoms with Crippen molar-refractivity contribution in [1.82, 2.24) is 0 Å². The average Bonchev–Trinajstić information content (AvgIpc) is 2.83. The van der Waals surface area contributed by atoms with E-state index in [9.17, 15) is 5.11 Å². The lowest BCUT2D eigenvalue weighted by atomic mass is 9.82. The lowest BCUT2D eigenvalue weighted by Crippen LogP contribution is -2.49. The van der Waals surface area contributed by atoms with E-state index in [-0.39, 0.29) is 0 Å². The number of hydrogen-bond donors (Lipinski definition) is 1. The Kier molecular flexibility index (Phi) is 6.55. The van der Waals surface area contributed by atoms with Crippen LogP contribution in [0.3, 0.4) is 0 Å². The molecule has 0 saturated heterocycles. The highest BCUT2D eigenvalue weighted by Gasteiger charge is 2.35. The Bertz CT molecular complexity index is 1170. The molecule has 0 bridgehead atoms. The Labute approximate surface area is 198 Å². The van der Waals surface area contributed by atoms with Crippen molar-refractivity contribution in [2.75, 3.05) is 0 Å². The fraction of sp³-hybridized carbons (Fsp3) is 0.200. The van der Waals surface area contributed by atoms with E-state index in [4.69, 9.17) is 4.65 Å². The number of rotatable bonds is 7. The van der Waals surface area contributed by atoms with Crippen LogP contribution < -0.4 is 5.46 Å². The van der Waals surface area contributed by atoms with Crippen molar-refractivity contribution in [2.24, 2.45) is 0 Å². The molecule has 4 aromatic carbocycles. The highest BCUT2D eigenvalue weighted by atomic mass is 16.5. The predicted molar refractivity (Wildman–Crippen MR) is 140 cm³/mol. The van der Waals surface area contributed by atoms with E-state index in [0.29, 0.717) is 0 Å². The van der Waals surface area contributed by atoms with Crippen LogP contribution in [0.4, 0.5) is 0 Å². The SMILES string of the molecule is CC(C)(O)C(C)(C)O[B]c1ccc(-c2ccc(-c3ccc(-c4ccccc4)cc3)cc2)cc1. The molecule has 0 aromatic heterocycles. The van der Waals surface area contributed by atoms with Crippen LogP contribution in [0.25, 0.3) is 33.4 Å².